The van der Waals surface area contributed by atoms with E-state index in [2.05, 4.69) is 18.0 Å². The zero-order chi connectivity index (χ0) is 4.12. The van der Waals surface area contributed by atoms with E-state index in [0.29, 0.717) is 0 Å². The topological polar surface area (TPSA) is 0 Å². The van der Waals surface area contributed by atoms with Crippen LogP contribution in [0.15, 0.2) is 6.58 Å². The van der Waals surface area contributed by atoms with Crippen molar-refractivity contribution in [1.29, 1.82) is 0 Å². The van der Waals surface area contributed by atoms with Crippen LogP contribution in [0.5, 0.6) is 0 Å². The fourth-order valence-corrected chi connectivity index (χ4v) is 0.0589. The average molecular weight is 61.9 g/mol. The van der Waals surface area contributed by atoms with Crippen LogP contribution >= 0.6 is 0 Å². The summed E-state index contributed by atoms with van der Waals surface area (Å²) in [4.78, 5) is 0. The van der Waals surface area contributed by atoms with Gasteiger partial charge in [-0.2, -0.15) is 0 Å². The second-order valence-corrected chi connectivity index (χ2v) is 0.515. The zero-order valence-corrected chi connectivity index (χ0v) is 2.86. The Hall–Kier alpha value is -0.725. The number of hydrogen-bond donors (Lipinski definition) is 0. The van der Waals surface area contributed by atoms with Gasteiger partial charge in [0.15, 0.2) is 0 Å². The van der Waals surface area contributed by atoms with Crippen LogP contribution in [-0.2, 0) is 0 Å². The van der Waals surface area contributed by atoms with E-state index in [1.807, 2.05) is 0 Å². The Balaban J connectivity index is 3.46. The van der Waals surface area contributed by atoms with Gasteiger partial charge in [-0.05, 0) is 0 Å². The first kappa shape index (κ1) is 4.27. The second kappa shape index (κ2) is 3.27. The molecule has 0 rings (SSSR count). The molecule has 0 saturated carbocycles. The van der Waals surface area contributed by atoms with Crippen molar-refractivity contribution in [3.05, 3.63) is 6.58 Å². The van der Waals surface area contributed by atoms with E-state index < -0.39 is 0 Å². The Morgan fingerprint density at radius 2 is 2.40 bits per heavy atom. The molecule has 0 spiro atoms. The van der Waals surface area contributed by atoms with Crippen molar-refractivity contribution in [2.45, 2.75) is 0 Å². The van der Waals surface area contributed by atoms with Crippen LogP contribution in [0.4, 0.5) is 0 Å². The quantitative estimate of drug-likeness (QED) is 0.271. The molecule has 0 aliphatic heterocycles. The molecule has 1 heteroatoms. The predicted molar refractivity (Wildman–Crippen MR) is 25.2 cm³/mol. The molecule has 0 aromatic rings. The van der Waals surface area contributed by atoms with Crippen molar-refractivity contribution >= 4 is 12.5 Å². The molecule has 5 heavy (non-hydrogen) atoms. The Kier molecular flexibility index (Phi) is 2.80. The van der Waals surface area contributed by atoms with E-state index in [1.54, 1.807) is 0 Å². The van der Waals surface area contributed by atoms with Gasteiger partial charge >= 0.3 is 31.4 Å². The van der Waals surface area contributed by atoms with E-state index in [-0.39, 0.29) is 0 Å². The van der Waals surface area contributed by atoms with Crippen molar-refractivity contribution in [1.82, 2.24) is 0 Å². The SMILES string of the molecule is C#CB=C=C. The van der Waals surface area contributed by atoms with E-state index in [9.17, 15) is 0 Å². The maximum absolute atomic E-state index is 4.73. The van der Waals surface area contributed by atoms with Crippen LogP contribution in [0.25, 0.3) is 0 Å². The fourth-order valence-electron chi connectivity index (χ4n) is 0.0589. The molecular formula is C4H3B. The molecule has 0 nitrogen and oxygen atoms in total. The summed E-state index contributed by atoms with van der Waals surface area (Å²) < 4.78 is 0. The van der Waals surface area contributed by atoms with Gasteiger partial charge in [0.2, 0.25) is 0 Å². The predicted octanol–water partition coefficient (Wildman–Crippen LogP) is -0.132. The number of hydrogen-bond acceptors (Lipinski definition) is 0. The summed E-state index contributed by atoms with van der Waals surface area (Å²) >= 11 is 0. The van der Waals surface area contributed by atoms with Crippen LogP contribution in [0, 0.1) is 12.2 Å². The molecule has 0 bridgehead atoms. The van der Waals surface area contributed by atoms with Gasteiger partial charge < -0.3 is 0 Å². The summed E-state index contributed by atoms with van der Waals surface area (Å²) in [7, 11) is 0. The summed E-state index contributed by atoms with van der Waals surface area (Å²) in [6, 6.07) is 0. The van der Waals surface area contributed by atoms with Crippen LogP contribution in [-0.4, -0.2) is 12.5 Å². The molecule has 0 amide bonds. The van der Waals surface area contributed by atoms with Gasteiger partial charge in [0.1, 0.15) is 0 Å². The second-order valence-electron chi connectivity index (χ2n) is 0.515. The standard InChI is InChI=1S/C4H3B/c1-3-5-4-2/h1H,2H2. The molecule has 0 radical (unpaired) electrons. The third-order valence-corrected chi connectivity index (χ3v) is 0.185. The molecule has 0 aromatic heterocycles. The summed E-state index contributed by atoms with van der Waals surface area (Å²) in [6.07, 6.45) is 4.73. The van der Waals surface area contributed by atoms with Gasteiger partial charge in [-0.15, -0.1) is 0 Å². The molecule has 0 heterocycles. The third-order valence-electron chi connectivity index (χ3n) is 0.185. The first-order valence-corrected chi connectivity index (χ1v) is 1.22. The van der Waals surface area contributed by atoms with Crippen molar-refractivity contribution in [2.24, 2.45) is 0 Å². The Bertz CT molecular complexity index is 90.7. The summed E-state index contributed by atoms with van der Waals surface area (Å²) in [5.41, 5.74) is 2.41. The molecule has 0 fully saturated rings. The molecule has 0 aromatic carbocycles. The van der Waals surface area contributed by atoms with E-state index in [1.165, 1.54) is 6.92 Å². The number of terminal acetylenes is 1. The van der Waals surface area contributed by atoms with Crippen molar-refractivity contribution in [3.63, 3.8) is 0 Å². The Morgan fingerprint density at radius 3 is 2.40 bits per heavy atom. The minimum atomic E-state index is 1.42. The maximum atomic E-state index is 4.73. The summed E-state index contributed by atoms with van der Waals surface area (Å²) in [6.45, 7) is 4.64. The number of rotatable bonds is 0. The van der Waals surface area contributed by atoms with E-state index in [4.69, 9.17) is 6.42 Å². The molecular weight excluding hydrogens is 58.9 g/mol. The molecule has 0 unspecified atom stereocenters. The molecule has 0 saturated heterocycles. The first-order chi connectivity index (χ1) is 2.41. The molecule has 0 N–H and O–H groups in total. The zero-order valence-electron chi connectivity index (χ0n) is 2.86. The molecule has 22 valence electrons. The van der Waals surface area contributed by atoms with Crippen LogP contribution < -0.4 is 0 Å². The Morgan fingerprint density at radius 1 is 1.80 bits per heavy atom. The van der Waals surface area contributed by atoms with Crippen molar-refractivity contribution < 1.29 is 0 Å². The molecule has 0 aliphatic rings. The van der Waals surface area contributed by atoms with Crippen LogP contribution in [0.2, 0.25) is 0 Å². The third kappa shape index (κ3) is 3.27. The van der Waals surface area contributed by atoms with Gasteiger partial charge in [0.25, 0.3) is 0 Å². The Labute approximate surface area is 32.4 Å². The van der Waals surface area contributed by atoms with Gasteiger partial charge in [-0.25, -0.2) is 0 Å². The normalized spacial score (nSPS) is 3.00. The average Bonchev–Trinajstić information content (AvgIpc) is 1.41. The van der Waals surface area contributed by atoms with Gasteiger partial charge in [-0.1, -0.05) is 0 Å². The minimum absolute atomic E-state index is 1.42. The molecule has 0 atom stereocenters. The van der Waals surface area contributed by atoms with Gasteiger partial charge in [-0.3, -0.25) is 0 Å². The van der Waals surface area contributed by atoms with E-state index in [0.717, 1.165) is 0 Å². The van der Waals surface area contributed by atoms with E-state index >= 15 is 0 Å². The first-order valence-electron chi connectivity index (χ1n) is 1.22. The van der Waals surface area contributed by atoms with Crippen molar-refractivity contribution in [3.8, 4) is 12.2 Å². The fraction of sp³-hybridized carbons (Fsp3) is 0. The van der Waals surface area contributed by atoms with Crippen LogP contribution in [0.3, 0.4) is 0 Å². The monoisotopic (exact) mass is 62.0 g/mol. The van der Waals surface area contributed by atoms with Gasteiger partial charge in [0.05, 0.1) is 0 Å². The van der Waals surface area contributed by atoms with Gasteiger partial charge in [0, 0.05) is 0 Å². The van der Waals surface area contributed by atoms with Crippen LogP contribution in [0.1, 0.15) is 0 Å². The summed E-state index contributed by atoms with van der Waals surface area (Å²) in [5, 5.41) is 0. The summed E-state index contributed by atoms with van der Waals surface area (Å²) in [5.74, 6) is 2.22. The molecule has 0 aliphatic carbocycles. The van der Waals surface area contributed by atoms with Crippen molar-refractivity contribution in [2.75, 3.05) is 0 Å².